The molecule has 0 radical (unpaired) electrons. The van der Waals surface area contributed by atoms with E-state index in [2.05, 4.69) is 14.8 Å². The summed E-state index contributed by atoms with van der Waals surface area (Å²) in [5, 5.41) is 4.27. The molecule has 3 rings (SSSR count). The van der Waals surface area contributed by atoms with Crippen molar-refractivity contribution in [3.63, 3.8) is 0 Å². The third-order valence-corrected chi connectivity index (χ3v) is 5.54. The summed E-state index contributed by atoms with van der Waals surface area (Å²) in [6.07, 6.45) is 1.55. The molecule has 0 aliphatic carbocycles. The molecule has 0 aliphatic rings. The normalized spacial score (nSPS) is 11.6. The maximum atomic E-state index is 13.1. The lowest BCUT2D eigenvalue weighted by atomic mass is 9.99. The van der Waals surface area contributed by atoms with Gasteiger partial charge in [0.25, 0.3) is 15.6 Å². The van der Waals surface area contributed by atoms with Crippen LogP contribution in [0.2, 0.25) is 0 Å². The third-order valence-electron chi connectivity index (χ3n) is 4.60. The van der Waals surface area contributed by atoms with Gasteiger partial charge in [-0.3, -0.25) is 9.48 Å². The number of benzene rings is 1. The fourth-order valence-corrected chi connectivity index (χ4v) is 4.04. The first-order valence-corrected chi connectivity index (χ1v) is 10.9. The number of amides is 1. The Morgan fingerprint density at radius 3 is 2.53 bits per heavy atom. The molecule has 0 atom stereocenters. The zero-order valence-electron chi connectivity index (χ0n) is 16.9. The third kappa shape index (κ3) is 3.49. The van der Waals surface area contributed by atoms with Gasteiger partial charge in [-0.05, 0) is 37.1 Å². The molecule has 0 aliphatic heterocycles. The number of nitrogens with one attached hydrogen (secondary N) is 1. The lowest BCUT2D eigenvalue weighted by Crippen LogP contribution is -2.55. The van der Waals surface area contributed by atoms with Gasteiger partial charge in [-0.25, -0.2) is 18.0 Å². The molecule has 2 heterocycles. The van der Waals surface area contributed by atoms with Crippen LogP contribution in [0.3, 0.4) is 0 Å². The average molecular weight is 435 g/mol. The van der Waals surface area contributed by atoms with E-state index in [0.29, 0.717) is 24.8 Å². The first-order chi connectivity index (χ1) is 14.1. The van der Waals surface area contributed by atoms with Crippen LogP contribution in [0.4, 0.5) is 4.79 Å². The van der Waals surface area contributed by atoms with Crippen LogP contribution < -0.4 is 15.7 Å². The number of carbonyl (C=O) groups is 1. The van der Waals surface area contributed by atoms with Gasteiger partial charge in [0, 0.05) is 18.3 Å². The minimum Gasteiger partial charge on any atom is -0.451 e. The molecular formula is C18H21N5O6S. The van der Waals surface area contributed by atoms with Gasteiger partial charge in [0.2, 0.25) is 0 Å². The van der Waals surface area contributed by atoms with E-state index in [1.165, 1.54) is 0 Å². The van der Waals surface area contributed by atoms with Gasteiger partial charge in [-0.15, -0.1) is 4.68 Å². The summed E-state index contributed by atoms with van der Waals surface area (Å²) in [7, 11) is -3.39. The monoisotopic (exact) mass is 435 g/mol. The number of rotatable bonds is 5. The molecule has 3 aromatic rings. The van der Waals surface area contributed by atoms with E-state index in [4.69, 9.17) is 0 Å². The molecule has 0 spiro atoms. The molecule has 160 valence electrons. The highest BCUT2D eigenvalue weighted by molar-refractivity contribution is 7.92. The molecule has 1 aromatic carbocycles. The highest BCUT2D eigenvalue weighted by atomic mass is 32.2. The number of aromatic nitrogens is 4. The Hall–Kier alpha value is -3.41. The Morgan fingerprint density at radius 1 is 1.27 bits per heavy atom. The van der Waals surface area contributed by atoms with Crippen LogP contribution in [0.15, 0.2) is 34.0 Å². The maximum absolute atomic E-state index is 13.1. The van der Waals surface area contributed by atoms with Crippen molar-refractivity contribution in [1.82, 2.24) is 19.4 Å². The van der Waals surface area contributed by atoms with E-state index in [1.54, 1.807) is 29.1 Å². The van der Waals surface area contributed by atoms with Gasteiger partial charge >= 0.3 is 11.8 Å². The second-order valence-corrected chi connectivity index (χ2v) is 8.28. The SMILES string of the molecule is CCc1cc2[nH]c(=O)n(N(C(=O)OC)S(C)(=O)=O)c(=O)c2cc1-c1ccnn1CC. The van der Waals surface area contributed by atoms with Crippen molar-refractivity contribution in [3.8, 4) is 11.3 Å². The van der Waals surface area contributed by atoms with Gasteiger partial charge < -0.3 is 9.72 Å². The molecule has 1 N–H and O–H groups in total. The Labute approximate surface area is 171 Å². The number of hydrogen-bond acceptors (Lipinski definition) is 7. The Balaban J connectivity index is 2.41. The van der Waals surface area contributed by atoms with Gasteiger partial charge in [0.05, 0.1) is 30.0 Å². The number of ether oxygens (including phenoxy) is 1. The summed E-state index contributed by atoms with van der Waals surface area (Å²) in [4.78, 5) is 40.2. The number of methoxy groups -OCH3 is 1. The number of carbonyl (C=O) groups excluding carboxylic acids is 1. The van der Waals surface area contributed by atoms with Gasteiger partial charge in [0.1, 0.15) is 0 Å². The van der Waals surface area contributed by atoms with Gasteiger partial charge in [0.15, 0.2) is 0 Å². The minimum absolute atomic E-state index is 0.00267. The maximum Gasteiger partial charge on any atom is 0.443 e. The van der Waals surface area contributed by atoms with Crippen LogP contribution in [-0.2, 0) is 27.7 Å². The molecule has 11 nitrogen and oxygen atoms in total. The van der Waals surface area contributed by atoms with Crippen LogP contribution >= 0.6 is 0 Å². The molecule has 0 bridgehead atoms. The predicted octanol–water partition coefficient (Wildman–Crippen LogP) is 0.800. The van der Waals surface area contributed by atoms with E-state index in [0.717, 1.165) is 18.4 Å². The molecule has 0 saturated carbocycles. The van der Waals surface area contributed by atoms with Crippen molar-refractivity contribution in [3.05, 3.63) is 50.8 Å². The van der Waals surface area contributed by atoms with Gasteiger partial charge in [-0.1, -0.05) is 11.3 Å². The minimum atomic E-state index is -4.33. The number of aryl methyl sites for hydroxylation is 2. The van der Waals surface area contributed by atoms with Crippen molar-refractivity contribution in [1.29, 1.82) is 0 Å². The molecule has 2 aromatic heterocycles. The highest BCUT2D eigenvalue weighted by Crippen LogP contribution is 2.27. The largest absolute Gasteiger partial charge is 0.451 e. The summed E-state index contributed by atoms with van der Waals surface area (Å²) in [6.45, 7) is 4.46. The number of nitrogens with zero attached hydrogens (tertiary/aromatic N) is 4. The van der Waals surface area contributed by atoms with Crippen LogP contribution in [-0.4, -0.2) is 47.3 Å². The second-order valence-electron chi connectivity index (χ2n) is 6.46. The molecule has 0 unspecified atom stereocenters. The fraction of sp³-hybridized carbons (Fsp3) is 0.333. The molecule has 1 amide bonds. The number of hydrogen-bond donors (Lipinski definition) is 1. The zero-order chi connectivity index (χ0) is 22.2. The lowest BCUT2D eigenvalue weighted by molar-refractivity contribution is 0.177. The van der Waals surface area contributed by atoms with E-state index in [9.17, 15) is 22.8 Å². The average Bonchev–Trinajstić information content (AvgIpc) is 3.17. The molecular weight excluding hydrogens is 414 g/mol. The van der Waals surface area contributed by atoms with Crippen molar-refractivity contribution >= 4 is 27.0 Å². The summed E-state index contributed by atoms with van der Waals surface area (Å²) >= 11 is 0. The first kappa shape index (κ1) is 21.3. The number of fused-ring (bicyclic) bond motifs is 1. The van der Waals surface area contributed by atoms with E-state index < -0.39 is 27.4 Å². The summed E-state index contributed by atoms with van der Waals surface area (Å²) in [5.74, 6) is 0. The second kappa shape index (κ2) is 7.78. The summed E-state index contributed by atoms with van der Waals surface area (Å²) < 4.78 is 30.6. The first-order valence-electron chi connectivity index (χ1n) is 9.06. The fourth-order valence-electron chi connectivity index (χ4n) is 3.25. The van der Waals surface area contributed by atoms with E-state index in [1.807, 2.05) is 13.8 Å². The van der Waals surface area contributed by atoms with Crippen LogP contribution in [0, 0.1) is 0 Å². The number of sulfonamides is 1. The van der Waals surface area contributed by atoms with Gasteiger partial charge in [-0.2, -0.15) is 5.10 Å². The lowest BCUT2D eigenvalue weighted by Gasteiger charge is -2.20. The summed E-state index contributed by atoms with van der Waals surface area (Å²) in [5.41, 5.74) is 0.499. The molecule has 30 heavy (non-hydrogen) atoms. The van der Waals surface area contributed by atoms with Crippen molar-refractivity contribution in [2.75, 3.05) is 17.8 Å². The number of H-pyrrole nitrogens is 1. The van der Waals surface area contributed by atoms with Crippen LogP contribution in [0.5, 0.6) is 0 Å². The molecule has 0 saturated heterocycles. The van der Waals surface area contributed by atoms with Crippen LogP contribution in [0.1, 0.15) is 19.4 Å². The quantitative estimate of drug-likeness (QED) is 0.626. The van der Waals surface area contributed by atoms with Crippen molar-refractivity contribution in [2.24, 2.45) is 0 Å². The Morgan fingerprint density at radius 2 is 1.97 bits per heavy atom. The van der Waals surface area contributed by atoms with Crippen molar-refractivity contribution < 1.29 is 17.9 Å². The Bertz CT molecular complexity index is 1350. The van der Waals surface area contributed by atoms with Crippen molar-refractivity contribution in [2.45, 2.75) is 26.8 Å². The van der Waals surface area contributed by atoms with E-state index in [-0.39, 0.29) is 20.0 Å². The topological polar surface area (TPSA) is 136 Å². The summed E-state index contributed by atoms with van der Waals surface area (Å²) in [6, 6.07) is 5.02. The molecule has 0 fully saturated rings. The zero-order valence-corrected chi connectivity index (χ0v) is 17.7. The predicted molar refractivity (Wildman–Crippen MR) is 111 cm³/mol. The number of aromatic amines is 1. The smallest absolute Gasteiger partial charge is 0.443 e. The highest BCUT2D eigenvalue weighted by Gasteiger charge is 2.30. The van der Waals surface area contributed by atoms with Crippen LogP contribution in [0.25, 0.3) is 22.2 Å². The Kier molecular flexibility index (Phi) is 5.53. The molecule has 12 heteroatoms. The van der Waals surface area contributed by atoms with E-state index >= 15 is 0 Å². The standard InChI is InChI=1S/C18H21N5O6S/c1-5-11-9-14-13(10-12(11)15-7-8-19-21(15)6-2)16(24)22(17(25)20-14)23(18(26)29-3)30(4,27)28/h7-10H,5-6H2,1-4H3,(H,20,25).